The SMILES string of the molecule is Cc1cccc(CN(CCN2CCCCC2)C[C@@H]2CCCN(C3CCCC3)C2)n1. The maximum atomic E-state index is 4.81. The minimum Gasteiger partial charge on any atom is -0.302 e. The normalized spacial score (nSPS) is 25.1. The monoisotopic (exact) mass is 398 g/mol. The van der Waals surface area contributed by atoms with E-state index in [1.54, 1.807) is 0 Å². The van der Waals surface area contributed by atoms with Gasteiger partial charge in [0.15, 0.2) is 0 Å². The Labute approximate surface area is 178 Å². The Morgan fingerprint density at radius 1 is 0.966 bits per heavy atom. The van der Waals surface area contributed by atoms with Gasteiger partial charge in [-0.15, -0.1) is 0 Å². The number of piperidine rings is 2. The molecule has 0 spiro atoms. The third-order valence-corrected chi connectivity index (χ3v) is 7.42. The summed E-state index contributed by atoms with van der Waals surface area (Å²) >= 11 is 0. The van der Waals surface area contributed by atoms with E-state index in [-0.39, 0.29) is 0 Å². The predicted molar refractivity (Wildman–Crippen MR) is 121 cm³/mol. The fraction of sp³-hybridized carbons (Fsp3) is 0.800. The van der Waals surface area contributed by atoms with Gasteiger partial charge in [-0.2, -0.15) is 0 Å². The molecule has 4 nitrogen and oxygen atoms in total. The van der Waals surface area contributed by atoms with Crippen LogP contribution in [0, 0.1) is 12.8 Å². The van der Waals surface area contributed by atoms with E-state index in [4.69, 9.17) is 4.98 Å². The van der Waals surface area contributed by atoms with Gasteiger partial charge in [0.05, 0.1) is 5.69 Å². The van der Waals surface area contributed by atoms with Crippen molar-refractivity contribution in [1.29, 1.82) is 0 Å². The van der Waals surface area contributed by atoms with Crippen molar-refractivity contribution in [3.63, 3.8) is 0 Å². The lowest BCUT2D eigenvalue weighted by molar-refractivity contribution is 0.0908. The van der Waals surface area contributed by atoms with Crippen LogP contribution in [-0.2, 0) is 6.54 Å². The highest BCUT2D eigenvalue weighted by Crippen LogP contribution is 2.28. The first kappa shape index (κ1) is 21.3. The first-order valence-corrected chi connectivity index (χ1v) is 12.4. The molecule has 1 atom stereocenters. The molecule has 2 aliphatic heterocycles. The molecule has 4 heteroatoms. The van der Waals surface area contributed by atoms with Crippen LogP contribution in [0.1, 0.15) is 69.2 Å². The highest BCUT2D eigenvalue weighted by atomic mass is 15.2. The summed E-state index contributed by atoms with van der Waals surface area (Å²) in [5.41, 5.74) is 2.38. The Hall–Kier alpha value is -0.970. The van der Waals surface area contributed by atoms with Crippen LogP contribution in [-0.4, -0.2) is 71.5 Å². The molecule has 1 aromatic rings. The quantitative estimate of drug-likeness (QED) is 0.650. The number of hydrogen-bond acceptors (Lipinski definition) is 4. The van der Waals surface area contributed by atoms with Crippen LogP contribution in [0.4, 0.5) is 0 Å². The maximum Gasteiger partial charge on any atom is 0.0547 e. The summed E-state index contributed by atoms with van der Waals surface area (Å²) in [7, 11) is 0. The standard InChI is InChI=1S/C25H42N4/c1-22-9-7-11-24(26-22)21-28(18-17-27-14-5-2-6-15-27)19-23-10-8-16-29(20-23)25-12-3-4-13-25/h7,9,11,23,25H,2-6,8,10,12-21H2,1H3/t23-/m0/s1. The topological polar surface area (TPSA) is 22.6 Å². The van der Waals surface area contributed by atoms with Gasteiger partial charge in [0.2, 0.25) is 0 Å². The van der Waals surface area contributed by atoms with E-state index in [0.29, 0.717) is 0 Å². The summed E-state index contributed by atoms with van der Waals surface area (Å²) in [4.78, 5) is 13.1. The van der Waals surface area contributed by atoms with Gasteiger partial charge in [-0.25, -0.2) is 0 Å². The van der Waals surface area contributed by atoms with Crippen LogP contribution in [0.3, 0.4) is 0 Å². The number of aromatic nitrogens is 1. The van der Waals surface area contributed by atoms with Crippen LogP contribution < -0.4 is 0 Å². The summed E-state index contributed by atoms with van der Waals surface area (Å²) in [6, 6.07) is 7.38. The molecule has 0 radical (unpaired) electrons. The van der Waals surface area contributed by atoms with Gasteiger partial charge in [-0.1, -0.05) is 25.3 Å². The van der Waals surface area contributed by atoms with E-state index < -0.39 is 0 Å². The van der Waals surface area contributed by atoms with E-state index in [1.165, 1.54) is 109 Å². The van der Waals surface area contributed by atoms with Crippen LogP contribution in [0.2, 0.25) is 0 Å². The Balaban J connectivity index is 1.35. The van der Waals surface area contributed by atoms with Crippen LogP contribution in [0.25, 0.3) is 0 Å². The number of aryl methyl sites for hydroxylation is 1. The number of nitrogens with zero attached hydrogens (tertiary/aromatic N) is 4. The molecule has 3 aliphatic rings. The van der Waals surface area contributed by atoms with E-state index in [0.717, 1.165) is 24.2 Å². The van der Waals surface area contributed by atoms with E-state index in [2.05, 4.69) is 39.8 Å². The molecule has 0 bridgehead atoms. The largest absolute Gasteiger partial charge is 0.302 e. The zero-order valence-corrected chi connectivity index (χ0v) is 18.7. The maximum absolute atomic E-state index is 4.81. The fourth-order valence-corrected chi connectivity index (χ4v) is 5.83. The number of likely N-dealkylation sites (tertiary alicyclic amines) is 2. The van der Waals surface area contributed by atoms with Crippen molar-refractivity contribution < 1.29 is 0 Å². The first-order chi connectivity index (χ1) is 14.3. The molecule has 0 amide bonds. The van der Waals surface area contributed by atoms with Gasteiger partial charge in [0.1, 0.15) is 0 Å². The zero-order chi connectivity index (χ0) is 19.9. The zero-order valence-electron chi connectivity index (χ0n) is 18.7. The second-order valence-corrected chi connectivity index (χ2v) is 9.85. The first-order valence-electron chi connectivity index (χ1n) is 12.4. The minimum absolute atomic E-state index is 0.829. The molecule has 1 saturated carbocycles. The van der Waals surface area contributed by atoms with Crippen molar-refractivity contribution in [3.05, 3.63) is 29.6 Å². The highest BCUT2D eigenvalue weighted by Gasteiger charge is 2.29. The van der Waals surface area contributed by atoms with Crippen LogP contribution in [0.15, 0.2) is 18.2 Å². The lowest BCUT2D eigenvalue weighted by Gasteiger charge is -2.39. The van der Waals surface area contributed by atoms with Gasteiger partial charge in [0.25, 0.3) is 0 Å². The molecule has 3 fully saturated rings. The molecule has 4 rings (SSSR count). The third kappa shape index (κ3) is 6.50. The van der Waals surface area contributed by atoms with Crippen LogP contribution in [0.5, 0.6) is 0 Å². The second-order valence-electron chi connectivity index (χ2n) is 9.85. The van der Waals surface area contributed by atoms with E-state index in [9.17, 15) is 0 Å². The molecular formula is C25H42N4. The van der Waals surface area contributed by atoms with Crippen molar-refractivity contribution in [2.75, 3.05) is 45.8 Å². The molecule has 0 unspecified atom stereocenters. The van der Waals surface area contributed by atoms with Crippen molar-refractivity contribution in [1.82, 2.24) is 19.7 Å². The van der Waals surface area contributed by atoms with Crippen molar-refractivity contribution in [3.8, 4) is 0 Å². The third-order valence-electron chi connectivity index (χ3n) is 7.42. The fourth-order valence-electron chi connectivity index (χ4n) is 5.83. The average Bonchev–Trinajstić information content (AvgIpc) is 3.28. The predicted octanol–water partition coefficient (Wildman–Crippen LogP) is 4.33. The Morgan fingerprint density at radius 3 is 2.59 bits per heavy atom. The van der Waals surface area contributed by atoms with Gasteiger partial charge in [-0.3, -0.25) is 9.88 Å². The molecule has 1 aromatic heterocycles. The molecule has 1 aliphatic carbocycles. The van der Waals surface area contributed by atoms with Crippen molar-refractivity contribution >= 4 is 0 Å². The molecule has 162 valence electrons. The summed E-state index contributed by atoms with van der Waals surface area (Å²) < 4.78 is 0. The molecule has 0 aromatic carbocycles. The molecule has 3 heterocycles. The number of hydrogen-bond donors (Lipinski definition) is 0. The van der Waals surface area contributed by atoms with Gasteiger partial charge < -0.3 is 9.80 Å². The Bertz CT molecular complexity index is 607. The lowest BCUT2D eigenvalue weighted by Crippen LogP contribution is -2.46. The highest BCUT2D eigenvalue weighted by molar-refractivity contribution is 5.09. The number of pyridine rings is 1. The van der Waals surface area contributed by atoms with Gasteiger partial charge in [0, 0.05) is 44.5 Å². The van der Waals surface area contributed by atoms with E-state index in [1.807, 2.05) is 0 Å². The van der Waals surface area contributed by atoms with Crippen LogP contribution >= 0.6 is 0 Å². The summed E-state index contributed by atoms with van der Waals surface area (Å²) in [6.07, 6.45) is 12.8. The Kier molecular flexibility index (Phi) is 7.98. The minimum atomic E-state index is 0.829. The van der Waals surface area contributed by atoms with Crippen molar-refractivity contribution in [2.45, 2.75) is 77.3 Å². The average molecular weight is 399 g/mol. The summed E-state index contributed by atoms with van der Waals surface area (Å²) in [5.74, 6) is 0.829. The molecular weight excluding hydrogens is 356 g/mol. The van der Waals surface area contributed by atoms with E-state index >= 15 is 0 Å². The lowest BCUT2D eigenvalue weighted by atomic mass is 9.95. The summed E-state index contributed by atoms with van der Waals surface area (Å²) in [5, 5.41) is 0. The molecule has 0 N–H and O–H groups in total. The molecule has 2 saturated heterocycles. The molecule has 29 heavy (non-hydrogen) atoms. The van der Waals surface area contributed by atoms with Gasteiger partial charge >= 0.3 is 0 Å². The second kappa shape index (κ2) is 10.9. The van der Waals surface area contributed by atoms with Crippen molar-refractivity contribution in [2.24, 2.45) is 5.92 Å². The number of rotatable bonds is 8. The summed E-state index contributed by atoms with van der Waals surface area (Å²) in [6.45, 7) is 12.1. The smallest absolute Gasteiger partial charge is 0.0547 e. The van der Waals surface area contributed by atoms with Gasteiger partial charge in [-0.05, 0) is 83.1 Å². The Morgan fingerprint density at radius 2 is 1.79 bits per heavy atom.